The zero-order chi connectivity index (χ0) is 18.9. The summed E-state index contributed by atoms with van der Waals surface area (Å²) in [7, 11) is -0.516. The fourth-order valence-corrected chi connectivity index (χ4v) is 4.65. The molecule has 0 bridgehead atoms. The van der Waals surface area contributed by atoms with Crippen LogP contribution in [0.15, 0.2) is 17.5 Å². The SMILES string of the molecule is CCCCC[C@H](O)CCN1C(=O)CC[C@@H]1COC[s+]1cccc1C(=O)O. The molecule has 2 N–H and O–H groups in total. The van der Waals surface area contributed by atoms with Crippen LogP contribution in [0.1, 0.15) is 61.5 Å². The molecule has 1 aliphatic rings. The van der Waals surface area contributed by atoms with E-state index in [0.29, 0.717) is 36.8 Å². The van der Waals surface area contributed by atoms with Gasteiger partial charge in [-0.05, 0) is 25.3 Å². The molecule has 0 aromatic carbocycles. The number of rotatable bonds is 12. The normalized spacial score (nSPS) is 19.2. The first-order valence-electron chi connectivity index (χ1n) is 9.39. The summed E-state index contributed by atoms with van der Waals surface area (Å²) >= 11 is 0. The Balaban J connectivity index is 1.76. The molecule has 0 aliphatic carbocycles. The minimum Gasteiger partial charge on any atom is -0.474 e. The standard InChI is InChI=1S/C19H29NO5S/c1-2-3-4-6-16(21)10-11-20-15(8-9-18(20)22)13-25-14-26-12-5-7-17(26)19(23)24/h5,7,12,15-16,21H,2-4,6,8-11,13-14H2,1H3/p+1/t15-,16+,26?/m1/s1. The second kappa shape index (κ2) is 10.6. The number of likely N-dealkylation sites (tertiary alicyclic amines) is 1. The Kier molecular flexibility index (Phi) is 8.54. The van der Waals surface area contributed by atoms with E-state index < -0.39 is 16.4 Å². The van der Waals surface area contributed by atoms with Crippen molar-refractivity contribution in [1.82, 2.24) is 4.90 Å². The van der Waals surface area contributed by atoms with Crippen molar-refractivity contribution >= 4 is 22.3 Å². The molecule has 0 radical (unpaired) electrons. The maximum Gasteiger partial charge on any atom is 0.389 e. The lowest BCUT2D eigenvalue weighted by Gasteiger charge is -2.25. The Bertz CT molecular complexity index is 588. The van der Waals surface area contributed by atoms with Gasteiger partial charge >= 0.3 is 5.97 Å². The molecule has 7 heteroatoms. The van der Waals surface area contributed by atoms with Crippen LogP contribution in [0.3, 0.4) is 0 Å². The largest absolute Gasteiger partial charge is 0.474 e. The van der Waals surface area contributed by atoms with Crippen LogP contribution in [0.2, 0.25) is 0 Å². The van der Waals surface area contributed by atoms with Crippen LogP contribution in [0.4, 0.5) is 0 Å². The third kappa shape index (κ3) is 6.07. The molecule has 1 aromatic rings. The second-order valence-corrected chi connectivity index (χ2v) is 8.61. The molecule has 0 spiro atoms. The van der Waals surface area contributed by atoms with Gasteiger partial charge in [0.15, 0.2) is 0 Å². The van der Waals surface area contributed by atoms with Crippen LogP contribution in [0.25, 0.3) is 0 Å². The van der Waals surface area contributed by atoms with Crippen molar-refractivity contribution in [2.45, 2.75) is 70.0 Å². The van der Waals surface area contributed by atoms with E-state index in [-0.39, 0.29) is 18.1 Å². The van der Waals surface area contributed by atoms with Gasteiger partial charge in [0.05, 0.1) is 18.8 Å². The Morgan fingerprint density at radius 1 is 1.42 bits per heavy atom. The molecule has 146 valence electrons. The third-order valence-corrected chi connectivity index (χ3v) is 6.58. The van der Waals surface area contributed by atoms with Crippen LogP contribution >= 0.6 is 10.5 Å². The number of ether oxygens (including phenoxy) is 1. The van der Waals surface area contributed by atoms with E-state index in [4.69, 9.17) is 9.84 Å². The minimum absolute atomic E-state index is 0.0257. The number of carboxylic acids is 1. The number of aliphatic hydroxyl groups is 1. The molecule has 1 aliphatic heterocycles. The molecule has 1 unspecified atom stereocenters. The molecule has 26 heavy (non-hydrogen) atoms. The van der Waals surface area contributed by atoms with Crippen molar-refractivity contribution in [3.63, 3.8) is 0 Å². The van der Waals surface area contributed by atoms with E-state index in [1.807, 2.05) is 10.3 Å². The van der Waals surface area contributed by atoms with E-state index in [1.165, 1.54) is 0 Å². The second-order valence-electron chi connectivity index (χ2n) is 6.80. The van der Waals surface area contributed by atoms with Gasteiger partial charge in [-0.3, -0.25) is 4.79 Å². The number of carbonyl (C=O) groups is 2. The van der Waals surface area contributed by atoms with Crippen LogP contribution in [-0.2, 0) is 15.5 Å². The van der Waals surface area contributed by atoms with E-state index in [2.05, 4.69) is 6.92 Å². The third-order valence-electron chi connectivity index (χ3n) is 4.80. The number of nitrogens with zero attached hydrogens (tertiary/aromatic N) is 1. The number of carboxylic acid groups (broad SMARTS) is 1. The molecule has 0 saturated carbocycles. The van der Waals surface area contributed by atoms with Gasteiger partial charge in [0.25, 0.3) is 4.88 Å². The van der Waals surface area contributed by atoms with Crippen molar-refractivity contribution in [2.75, 3.05) is 13.2 Å². The molecule has 1 amide bonds. The van der Waals surface area contributed by atoms with Gasteiger partial charge in [-0.1, -0.05) is 26.2 Å². The average Bonchev–Trinajstić information content (AvgIpc) is 3.21. The maximum absolute atomic E-state index is 12.1. The van der Waals surface area contributed by atoms with Gasteiger partial charge in [0.2, 0.25) is 11.8 Å². The zero-order valence-corrected chi connectivity index (χ0v) is 16.2. The van der Waals surface area contributed by atoms with Gasteiger partial charge < -0.3 is 19.8 Å². The first-order chi connectivity index (χ1) is 12.5. The number of aliphatic hydroxyl groups excluding tert-OH is 1. The van der Waals surface area contributed by atoms with Crippen molar-refractivity contribution in [2.24, 2.45) is 0 Å². The van der Waals surface area contributed by atoms with Crippen molar-refractivity contribution < 1.29 is 24.5 Å². The predicted octanol–water partition coefficient (Wildman–Crippen LogP) is 3.43. The summed E-state index contributed by atoms with van der Waals surface area (Å²) in [6, 6.07) is 3.39. The molecular weight excluding hydrogens is 354 g/mol. The topological polar surface area (TPSA) is 87.1 Å². The summed E-state index contributed by atoms with van der Waals surface area (Å²) in [5.41, 5.74) is 0. The van der Waals surface area contributed by atoms with Crippen LogP contribution in [0.5, 0.6) is 0 Å². The Morgan fingerprint density at radius 2 is 2.23 bits per heavy atom. The highest BCUT2D eigenvalue weighted by Gasteiger charge is 2.31. The number of carbonyl (C=O) groups excluding carboxylic acids is 1. The molecule has 3 atom stereocenters. The van der Waals surface area contributed by atoms with Crippen LogP contribution in [-0.4, -0.2) is 52.3 Å². The Morgan fingerprint density at radius 3 is 2.96 bits per heavy atom. The number of thiophene rings is 1. The summed E-state index contributed by atoms with van der Waals surface area (Å²) in [5.74, 6) is -0.447. The maximum atomic E-state index is 12.1. The average molecular weight is 385 g/mol. The van der Waals surface area contributed by atoms with Gasteiger partial charge in [-0.2, -0.15) is 0 Å². The lowest BCUT2D eigenvalue weighted by Crippen LogP contribution is -2.38. The minimum atomic E-state index is -0.906. The summed E-state index contributed by atoms with van der Waals surface area (Å²) in [4.78, 5) is 25.4. The molecule has 2 rings (SSSR count). The molecule has 6 nitrogen and oxygen atoms in total. The van der Waals surface area contributed by atoms with Crippen LogP contribution < -0.4 is 0 Å². The zero-order valence-electron chi connectivity index (χ0n) is 15.4. The molecule has 2 heterocycles. The number of hydrogen-bond acceptors (Lipinski definition) is 4. The van der Waals surface area contributed by atoms with Gasteiger partial charge in [0.1, 0.15) is 5.38 Å². The Hall–Kier alpha value is -1.44. The lowest BCUT2D eigenvalue weighted by molar-refractivity contribution is -0.130. The smallest absolute Gasteiger partial charge is 0.389 e. The summed E-state index contributed by atoms with van der Waals surface area (Å²) in [6.07, 6.45) is 5.59. The molecule has 1 saturated heterocycles. The molecule has 1 fully saturated rings. The van der Waals surface area contributed by atoms with Crippen molar-refractivity contribution in [3.8, 4) is 0 Å². The lowest BCUT2D eigenvalue weighted by atomic mass is 10.1. The monoisotopic (exact) mass is 384 g/mol. The summed E-state index contributed by atoms with van der Waals surface area (Å²) in [5, 5.41) is 21.1. The fourth-order valence-electron chi connectivity index (χ4n) is 3.28. The molecule has 1 aromatic heterocycles. The highest BCUT2D eigenvalue weighted by atomic mass is 32.2. The molecular formula is C19H30NO5S+. The predicted molar refractivity (Wildman–Crippen MR) is 101 cm³/mol. The van der Waals surface area contributed by atoms with Crippen molar-refractivity contribution in [3.05, 3.63) is 22.4 Å². The van der Waals surface area contributed by atoms with Gasteiger partial charge in [-0.15, -0.1) is 0 Å². The quantitative estimate of drug-likeness (QED) is 0.426. The number of amides is 1. The number of unbranched alkanes of at least 4 members (excludes halogenated alkanes) is 2. The van der Waals surface area contributed by atoms with E-state index >= 15 is 0 Å². The Labute approximate surface area is 157 Å². The van der Waals surface area contributed by atoms with Crippen LogP contribution in [0, 0.1) is 0 Å². The van der Waals surface area contributed by atoms with E-state index in [9.17, 15) is 14.7 Å². The summed E-state index contributed by atoms with van der Waals surface area (Å²) < 4.78 is 5.75. The highest BCUT2D eigenvalue weighted by molar-refractivity contribution is 7.30. The highest BCUT2D eigenvalue weighted by Crippen LogP contribution is 2.27. The number of aromatic carboxylic acids is 1. The van der Waals surface area contributed by atoms with Crippen molar-refractivity contribution in [1.29, 1.82) is 0 Å². The first-order valence-corrected chi connectivity index (χ1v) is 10.8. The van der Waals surface area contributed by atoms with E-state index in [0.717, 1.165) is 32.1 Å². The summed E-state index contributed by atoms with van der Waals surface area (Å²) in [6.45, 7) is 3.12. The first kappa shape index (κ1) is 20.9. The van der Waals surface area contributed by atoms with Gasteiger partial charge in [-0.25, -0.2) is 4.79 Å². The van der Waals surface area contributed by atoms with E-state index in [1.54, 1.807) is 12.1 Å². The fraction of sp³-hybridized carbons (Fsp3) is 0.684. The van der Waals surface area contributed by atoms with Gasteiger partial charge in [0, 0.05) is 29.5 Å². The number of hydrogen-bond donors (Lipinski definition) is 2.